The van der Waals surface area contributed by atoms with Crippen molar-refractivity contribution in [2.75, 3.05) is 31.1 Å². The minimum Gasteiger partial charge on any atom is -0.368 e. The Labute approximate surface area is 141 Å². The van der Waals surface area contributed by atoms with Crippen LogP contribution in [0.25, 0.3) is 0 Å². The Balaban J connectivity index is 1.48. The van der Waals surface area contributed by atoms with Gasteiger partial charge in [0.25, 0.3) is 5.91 Å². The van der Waals surface area contributed by atoms with E-state index in [1.54, 1.807) is 0 Å². The maximum atomic E-state index is 12.3. The monoisotopic (exact) mass is 330 g/mol. The summed E-state index contributed by atoms with van der Waals surface area (Å²) in [4.78, 5) is 39.0. The van der Waals surface area contributed by atoms with Gasteiger partial charge in [-0.15, -0.1) is 0 Å². The van der Waals surface area contributed by atoms with Crippen molar-refractivity contribution >= 4 is 23.5 Å². The van der Waals surface area contributed by atoms with Crippen molar-refractivity contribution in [3.8, 4) is 0 Å². The van der Waals surface area contributed by atoms with Gasteiger partial charge in [-0.3, -0.25) is 14.9 Å². The third-order valence-corrected chi connectivity index (χ3v) is 4.59. The van der Waals surface area contributed by atoms with E-state index in [1.165, 1.54) is 11.3 Å². The van der Waals surface area contributed by atoms with E-state index in [9.17, 15) is 14.4 Å². The van der Waals surface area contributed by atoms with Crippen LogP contribution in [0.2, 0.25) is 0 Å². The van der Waals surface area contributed by atoms with Crippen molar-refractivity contribution in [2.24, 2.45) is 0 Å². The number of aryl methyl sites for hydroxylation is 1. The highest BCUT2D eigenvalue weighted by Crippen LogP contribution is 2.21. The Hall–Kier alpha value is -2.57. The van der Waals surface area contributed by atoms with Gasteiger partial charge in [0.15, 0.2) is 0 Å². The number of piperazine rings is 1. The maximum Gasteiger partial charge on any atom is 0.322 e. The SMILES string of the molecule is Cc1ccccc1N1CCN(C(=O)CC[C@H]2NC(=O)NC2=O)CC1. The molecule has 0 radical (unpaired) electrons. The van der Waals surface area contributed by atoms with Gasteiger partial charge in [0, 0.05) is 38.3 Å². The molecule has 7 heteroatoms. The van der Waals surface area contributed by atoms with Crippen LogP contribution in [0.1, 0.15) is 18.4 Å². The second-order valence-corrected chi connectivity index (χ2v) is 6.21. The first-order valence-electron chi connectivity index (χ1n) is 8.24. The van der Waals surface area contributed by atoms with Gasteiger partial charge in [-0.05, 0) is 25.0 Å². The molecule has 0 unspecified atom stereocenters. The quantitative estimate of drug-likeness (QED) is 0.794. The van der Waals surface area contributed by atoms with Gasteiger partial charge in [0.05, 0.1) is 0 Å². The summed E-state index contributed by atoms with van der Waals surface area (Å²) in [6.07, 6.45) is 0.608. The number of hydrogen-bond acceptors (Lipinski definition) is 4. The summed E-state index contributed by atoms with van der Waals surface area (Å²) >= 11 is 0. The second kappa shape index (κ2) is 6.90. The van der Waals surface area contributed by atoms with Crippen molar-refractivity contribution in [1.82, 2.24) is 15.5 Å². The molecule has 1 aromatic rings. The number of carbonyl (C=O) groups excluding carboxylic acids is 3. The molecule has 4 amide bonds. The Morgan fingerprint density at radius 3 is 2.50 bits per heavy atom. The average molecular weight is 330 g/mol. The normalized spacial score (nSPS) is 20.8. The molecule has 0 aromatic heterocycles. The number of nitrogens with one attached hydrogen (secondary N) is 2. The molecule has 1 aromatic carbocycles. The topological polar surface area (TPSA) is 81.8 Å². The summed E-state index contributed by atoms with van der Waals surface area (Å²) in [6, 6.07) is 7.18. The minimum absolute atomic E-state index is 0.0355. The van der Waals surface area contributed by atoms with E-state index >= 15 is 0 Å². The predicted molar refractivity (Wildman–Crippen MR) is 89.7 cm³/mol. The lowest BCUT2D eigenvalue weighted by Crippen LogP contribution is -2.49. The highest BCUT2D eigenvalue weighted by Gasteiger charge is 2.30. The lowest BCUT2D eigenvalue weighted by Gasteiger charge is -2.37. The summed E-state index contributed by atoms with van der Waals surface area (Å²) in [5.41, 5.74) is 2.45. The number of benzene rings is 1. The van der Waals surface area contributed by atoms with Crippen LogP contribution in [-0.2, 0) is 9.59 Å². The van der Waals surface area contributed by atoms with Crippen LogP contribution >= 0.6 is 0 Å². The minimum atomic E-state index is -0.588. The Morgan fingerprint density at radius 1 is 1.17 bits per heavy atom. The van der Waals surface area contributed by atoms with E-state index in [2.05, 4.69) is 34.6 Å². The van der Waals surface area contributed by atoms with Gasteiger partial charge < -0.3 is 15.1 Å². The maximum absolute atomic E-state index is 12.3. The van der Waals surface area contributed by atoms with Crippen molar-refractivity contribution in [1.29, 1.82) is 0 Å². The number of nitrogens with zero attached hydrogens (tertiary/aromatic N) is 2. The Kier molecular flexibility index (Phi) is 4.69. The molecular weight excluding hydrogens is 308 g/mol. The smallest absolute Gasteiger partial charge is 0.322 e. The van der Waals surface area contributed by atoms with E-state index < -0.39 is 12.1 Å². The third-order valence-electron chi connectivity index (χ3n) is 4.59. The van der Waals surface area contributed by atoms with E-state index in [0.717, 1.165) is 13.1 Å². The summed E-state index contributed by atoms with van der Waals surface area (Å²) in [5.74, 6) is -0.314. The van der Waals surface area contributed by atoms with E-state index in [1.807, 2.05) is 17.0 Å². The van der Waals surface area contributed by atoms with Gasteiger partial charge in [0.2, 0.25) is 5.91 Å². The molecule has 0 bridgehead atoms. The first-order chi connectivity index (χ1) is 11.5. The molecule has 128 valence electrons. The zero-order valence-electron chi connectivity index (χ0n) is 13.7. The number of hydrogen-bond donors (Lipinski definition) is 2. The molecular formula is C17H22N4O3. The van der Waals surface area contributed by atoms with E-state index in [4.69, 9.17) is 0 Å². The number of imide groups is 1. The molecule has 1 atom stereocenters. The number of carbonyl (C=O) groups is 3. The summed E-state index contributed by atoms with van der Waals surface area (Å²) < 4.78 is 0. The molecule has 3 rings (SSSR count). The lowest BCUT2D eigenvalue weighted by molar-refractivity contribution is -0.131. The highest BCUT2D eigenvalue weighted by atomic mass is 16.2. The molecule has 7 nitrogen and oxygen atoms in total. The van der Waals surface area contributed by atoms with Gasteiger partial charge in [0.1, 0.15) is 6.04 Å². The van der Waals surface area contributed by atoms with E-state index in [-0.39, 0.29) is 18.2 Å². The van der Waals surface area contributed by atoms with E-state index in [0.29, 0.717) is 19.5 Å². The lowest BCUT2D eigenvalue weighted by atomic mass is 10.1. The molecule has 0 spiro atoms. The molecule has 0 aliphatic carbocycles. The van der Waals surface area contributed by atoms with Crippen LogP contribution in [0.5, 0.6) is 0 Å². The first kappa shape index (κ1) is 16.3. The zero-order valence-corrected chi connectivity index (χ0v) is 13.7. The molecule has 2 saturated heterocycles. The largest absolute Gasteiger partial charge is 0.368 e. The molecule has 2 fully saturated rings. The fourth-order valence-corrected chi connectivity index (χ4v) is 3.20. The molecule has 2 aliphatic heterocycles. The predicted octanol–water partition coefficient (Wildman–Crippen LogP) is 0.632. The molecule has 24 heavy (non-hydrogen) atoms. The molecule has 2 aliphatic rings. The second-order valence-electron chi connectivity index (χ2n) is 6.21. The molecule has 2 heterocycles. The first-order valence-corrected chi connectivity index (χ1v) is 8.24. The Bertz CT molecular complexity index is 653. The standard InChI is InChI=1S/C17H22N4O3/c1-12-4-2-3-5-14(12)20-8-10-21(11-9-20)15(22)7-6-13-16(23)19-17(24)18-13/h2-5,13H,6-11H2,1H3,(H2,18,19,23,24)/t13-/m1/s1. The van der Waals surface area contributed by atoms with Crippen molar-refractivity contribution in [3.05, 3.63) is 29.8 Å². The average Bonchev–Trinajstić information content (AvgIpc) is 2.91. The Morgan fingerprint density at radius 2 is 1.88 bits per heavy atom. The van der Waals surface area contributed by atoms with Gasteiger partial charge in [-0.25, -0.2) is 4.79 Å². The van der Waals surface area contributed by atoms with Crippen LogP contribution < -0.4 is 15.5 Å². The highest BCUT2D eigenvalue weighted by molar-refractivity contribution is 6.04. The summed E-state index contributed by atoms with van der Waals surface area (Å²) in [5, 5.41) is 4.70. The van der Waals surface area contributed by atoms with Crippen LogP contribution in [0.4, 0.5) is 10.5 Å². The van der Waals surface area contributed by atoms with Crippen LogP contribution in [-0.4, -0.2) is 55.0 Å². The number of amides is 4. The van der Waals surface area contributed by atoms with Gasteiger partial charge in [-0.2, -0.15) is 0 Å². The number of rotatable bonds is 4. The number of anilines is 1. The van der Waals surface area contributed by atoms with Crippen LogP contribution in [0.15, 0.2) is 24.3 Å². The van der Waals surface area contributed by atoms with Crippen molar-refractivity contribution in [2.45, 2.75) is 25.8 Å². The fraction of sp³-hybridized carbons (Fsp3) is 0.471. The summed E-state index contributed by atoms with van der Waals surface area (Å²) in [6.45, 7) is 5.05. The van der Waals surface area contributed by atoms with Crippen molar-refractivity contribution in [3.63, 3.8) is 0 Å². The molecule has 2 N–H and O–H groups in total. The zero-order chi connectivity index (χ0) is 17.1. The third kappa shape index (κ3) is 3.50. The van der Waals surface area contributed by atoms with Crippen LogP contribution in [0, 0.1) is 6.92 Å². The number of para-hydroxylation sites is 1. The fourth-order valence-electron chi connectivity index (χ4n) is 3.20. The number of urea groups is 1. The van der Waals surface area contributed by atoms with Gasteiger partial charge >= 0.3 is 6.03 Å². The van der Waals surface area contributed by atoms with Crippen molar-refractivity contribution < 1.29 is 14.4 Å². The molecule has 0 saturated carbocycles. The van der Waals surface area contributed by atoms with Crippen LogP contribution in [0.3, 0.4) is 0 Å². The van der Waals surface area contributed by atoms with Gasteiger partial charge in [-0.1, -0.05) is 18.2 Å². The summed E-state index contributed by atoms with van der Waals surface area (Å²) in [7, 11) is 0.